The number of imidazole rings is 1. The lowest BCUT2D eigenvalue weighted by atomic mass is 10.1. The highest BCUT2D eigenvalue weighted by molar-refractivity contribution is 5.84. The molecule has 0 atom stereocenters. The van der Waals surface area contributed by atoms with E-state index in [-0.39, 0.29) is 6.42 Å². The number of aliphatic carboxylic acids is 1. The van der Waals surface area contributed by atoms with Gasteiger partial charge in [0.1, 0.15) is 11.6 Å². The summed E-state index contributed by atoms with van der Waals surface area (Å²) in [5.74, 6) is 0.280. The van der Waals surface area contributed by atoms with E-state index < -0.39 is 17.7 Å². The van der Waals surface area contributed by atoms with E-state index >= 15 is 0 Å². The molecule has 34 heavy (non-hydrogen) atoms. The summed E-state index contributed by atoms with van der Waals surface area (Å²) in [6.45, 7) is 0.411. The standard InChI is InChI=1S/C26H23F3N2O3/c27-26(28,29)19-10-7-11-20(16-19)31-23-17-21(34-15-6-2-5-12-24(32)33)13-14-22(23)30-25(31)18-8-3-1-4-9-18/h1,3-4,7-11,13-14,16-17H,2,5-6,12,15H2,(H,32,33). The third-order valence-electron chi connectivity index (χ3n) is 5.39. The zero-order valence-electron chi connectivity index (χ0n) is 18.3. The molecule has 5 nitrogen and oxygen atoms in total. The molecule has 0 saturated heterocycles. The van der Waals surface area contributed by atoms with Crippen LogP contribution in [0, 0.1) is 0 Å². The third kappa shape index (κ3) is 5.39. The molecular weight excluding hydrogens is 445 g/mol. The highest BCUT2D eigenvalue weighted by atomic mass is 19.4. The average molecular weight is 468 g/mol. The van der Waals surface area contributed by atoms with Gasteiger partial charge in [0, 0.05) is 23.7 Å². The van der Waals surface area contributed by atoms with Gasteiger partial charge in [0.25, 0.3) is 0 Å². The van der Waals surface area contributed by atoms with Crippen molar-refractivity contribution in [3.05, 3.63) is 78.4 Å². The van der Waals surface area contributed by atoms with Gasteiger partial charge >= 0.3 is 12.1 Å². The summed E-state index contributed by atoms with van der Waals surface area (Å²) in [5.41, 5.74) is 1.64. The summed E-state index contributed by atoms with van der Waals surface area (Å²) in [6.07, 6.45) is -2.32. The molecule has 0 bridgehead atoms. The van der Waals surface area contributed by atoms with Gasteiger partial charge < -0.3 is 9.84 Å². The molecule has 8 heteroatoms. The van der Waals surface area contributed by atoms with Crippen LogP contribution in [0.15, 0.2) is 72.8 Å². The van der Waals surface area contributed by atoms with Gasteiger partial charge in [-0.05, 0) is 49.6 Å². The molecule has 0 saturated carbocycles. The Labute approximate surface area is 194 Å². The quantitative estimate of drug-likeness (QED) is 0.277. The number of ether oxygens (including phenoxy) is 1. The number of carbonyl (C=O) groups is 1. The maximum Gasteiger partial charge on any atom is 0.416 e. The predicted octanol–water partition coefficient (Wildman–Crippen LogP) is 6.74. The highest BCUT2D eigenvalue weighted by Crippen LogP contribution is 2.34. The molecule has 0 fully saturated rings. The van der Waals surface area contributed by atoms with Crippen molar-refractivity contribution < 1.29 is 27.8 Å². The first kappa shape index (κ1) is 23.4. The van der Waals surface area contributed by atoms with Crippen molar-refractivity contribution in [3.8, 4) is 22.8 Å². The van der Waals surface area contributed by atoms with Crippen LogP contribution in [0.2, 0.25) is 0 Å². The molecule has 0 unspecified atom stereocenters. The second-order valence-electron chi connectivity index (χ2n) is 7.89. The molecule has 0 aliphatic heterocycles. The van der Waals surface area contributed by atoms with E-state index in [2.05, 4.69) is 0 Å². The van der Waals surface area contributed by atoms with Crippen LogP contribution in [0.3, 0.4) is 0 Å². The van der Waals surface area contributed by atoms with Crippen LogP contribution in [0.5, 0.6) is 5.75 Å². The fourth-order valence-corrected chi connectivity index (χ4v) is 3.75. The first-order chi connectivity index (χ1) is 16.3. The number of carboxylic acid groups (broad SMARTS) is 1. The Morgan fingerprint density at radius 1 is 0.941 bits per heavy atom. The van der Waals surface area contributed by atoms with Crippen LogP contribution in [0.4, 0.5) is 13.2 Å². The number of carboxylic acids is 1. The number of rotatable bonds is 9. The molecule has 4 rings (SSSR count). The van der Waals surface area contributed by atoms with Crippen molar-refractivity contribution in [2.24, 2.45) is 0 Å². The van der Waals surface area contributed by atoms with Crippen molar-refractivity contribution in [1.29, 1.82) is 0 Å². The van der Waals surface area contributed by atoms with Gasteiger partial charge in [0.15, 0.2) is 0 Å². The molecule has 176 valence electrons. The summed E-state index contributed by atoms with van der Waals surface area (Å²) in [7, 11) is 0. The summed E-state index contributed by atoms with van der Waals surface area (Å²) < 4.78 is 47.8. The van der Waals surface area contributed by atoms with Crippen LogP contribution in [-0.4, -0.2) is 27.2 Å². The molecule has 1 heterocycles. The molecule has 1 N–H and O–H groups in total. The second kappa shape index (κ2) is 9.99. The van der Waals surface area contributed by atoms with E-state index in [4.69, 9.17) is 14.8 Å². The number of hydrogen-bond acceptors (Lipinski definition) is 3. The van der Waals surface area contributed by atoms with Gasteiger partial charge in [-0.15, -0.1) is 0 Å². The number of nitrogens with zero attached hydrogens (tertiary/aromatic N) is 2. The lowest BCUT2D eigenvalue weighted by Gasteiger charge is -2.13. The minimum absolute atomic E-state index is 0.129. The van der Waals surface area contributed by atoms with Crippen molar-refractivity contribution in [2.45, 2.75) is 31.9 Å². The fraction of sp³-hybridized carbons (Fsp3) is 0.231. The van der Waals surface area contributed by atoms with Crippen molar-refractivity contribution in [3.63, 3.8) is 0 Å². The van der Waals surface area contributed by atoms with E-state index in [1.54, 1.807) is 28.8 Å². The normalized spacial score (nSPS) is 11.6. The molecule has 1 aromatic heterocycles. The second-order valence-corrected chi connectivity index (χ2v) is 7.89. The highest BCUT2D eigenvalue weighted by Gasteiger charge is 2.31. The molecular formula is C26H23F3N2O3. The van der Waals surface area contributed by atoms with Crippen LogP contribution in [-0.2, 0) is 11.0 Å². The molecule has 0 aliphatic rings. The first-order valence-electron chi connectivity index (χ1n) is 10.9. The maximum atomic E-state index is 13.4. The fourth-order valence-electron chi connectivity index (χ4n) is 3.75. The van der Waals surface area contributed by atoms with Crippen molar-refractivity contribution in [1.82, 2.24) is 9.55 Å². The van der Waals surface area contributed by atoms with Gasteiger partial charge in [-0.3, -0.25) is 9.36 Å². The van der Waals surface area contributed by atoms with Gasteiger partial charge in [-0.25, -0.2) is 4.98 Å². The van der Waals surface area contributed by atoms with E-state index in [0.29, 0.717) is 47.7 Å². The molecule has 0 radical (unpaired) electrons. The molecule has 0 spiro atoms. The average Bonchev–Trinajstić information content (AvgIpc) is 3.20. The molecule has 0 amide bonds. The lowest BCUT2D eigenvalue weighted by Crippen LogP contribution is -2.06. The monoisotopic (exact) mass is 468 g/mol. The van der Waals surface area contributed by atoms with Gasteiger partial charge in [0.05, 0.1) is 23.2 Å². The summed E-state index contributed by atoms with van der Waals surface area (Å²) in [4.78, 5) is 15.3. The number of aromatic nitrogens is 2. The third-order valence-corrected chi connectivity index (χ3v) is 5.39. The van der Waals surface area contributed by atoms with Crippen molar-refractivity contribution in [2.75, 3.05) is 6.61 Å². The Bertz CT molecular complexity index is 1280. The van der Waals surface area contributed by atoms with Crippen LogP contribution in [0.1, 0.15) is 31.2 Å². The van der Waals surface area contributed by atoms with Gasteiger partial charge in [-0.2, -0.15) is 13.2 Å². The summed E-state index contributed by atoms with van der Waals surface area (Å²) in [6, 6.07) is 19.8. The van der Waals surface area contributed by atoms with E-state index in [9.17, 15) is 18.0 Å². The Morgan fingerprint density at radius 2 is 1.74 bits per heavy atom. The van der Waals surface area contributed by atoms with Crippen LogP contribution < -0.4 is 4.74 Å². The van der Waals surface area contributed by atoms with E-state index in [1.165, 1.54) is 6.07 Å². The first-order valence-corrected chi connectivity index (χ1v) is 10.9. The predicted molar refractivity (Wildman–Crippen MR) is 123 cm³/mol. The zero-order chi connectivity index (χ0) is 24.1. The van der Waals surface area contributed by atoms with Gasteiger partial charge in [-0.1, -0.05) is 36.4 Å². The smallest absolute Gasteiger partial charge is 0.416 e. The number of fused-ring (bicyclic) bond motifs is 1. The largest absolute Gasteiger partial charge is 0.494 e. The molecule has 3 aromatic carbocycles. The van der Waals surface area contributed by atoms with Crippen LogP contribution in [0.25, 0.3) is 28.1 Å². The van der Waals surface area contributed by atoms with Gasteiger partial charge in [0.2, 0.25) is 0 Å². The number of unbranched alkanes of at least 4 members (excludes halogenated alkanes) is 2. The number of halogens is 3. The minimum atomic E-state index is -4.46. The lowest BCUT2D eigenvalue weighted by molar-refractivity contribution is -0.138. The van der Waals surface area contributed by atoms with E-state index in [0.717, 1.165) is 24.1 Å². The molecule has 4 aromatic rings. The topological polar surface area (TPSA) is 64.3 Å². The number of benzene rings is 3. The SMILES string of the molecule is O=C(O)CCCCCOc1ccc2nc(-c3ccccc3)n(-c3cccc(C(F)(F)F)c3)c2c1. The summed E-state index contributed by atoms with van der Waals surface area (Å²) in [5, 5.41) is 8.71. The minimum Gasteiger partial charge on any atom is -0.494 e. The Balaban J connectivity index is 1.70. The van der Waals surface area contributed by atoms with Crippen molar-refractivity contribution >= 4 is 17.0 Å². The van der Waals surface area contributed by atoms with E-state index in [1.807, 2.05) is 30.3 Å². The zero-order valence-corrected chi connectivity index (χ0v) is 18.3. The Morgan fingerprint density at radius 3 is 2.47 bits per heavy atom. The maximum absolute atomic E-state index is 13.4. The summed E-state index contributed by atoms with van der Waals surface area (Å²) >= 11 is 0. The number of alkyl halides is 3. The Kier molecular flexibility index (Phi) is 6.86. The molecule has 0 aliphatic carbocycles. The number of hydrogen-bond donors (Lipinski definition) is 1. The van der Waals surface area contributed by atoms with Crippen LogP contribution >= 0.6 is 0 Å². The Hall–Kier alpha value is -3.81.